The topological polar surface area (TPSA) is 12.9 Å². The molecule has 0 aliphatic carbocycles. The molecule has 1 unspecified atom stereocenters. The summed E-state index contributed by atoms with van der Waals surface area (Å²) in [5, 5.41) is 1.47. The monoisotopic (exact) mass is 343 g/mol. The Labute approximate surface area is 125 Å². The highest BCUT2D eigenvalue weighted by Gasteiger charge is 2.13. The fraction of sp³-hybridized carbons (Fsp3) is 0.214. The number of rotatable bonds is 3. The van der Waals surface area contributed by atoms with Gasteiger partial charge in [0.25, 0.3) is 0 Å². The van der Waals surface area contributed by atoms with Gasteiger partial charge in [0.05, 0.1) is 5.02 Å². The lowest BCUT2D eigenvalue weighted by Crippen LogP contribution is -1.97. The Morgan fingerprint density at radius 2 is 2.00 bits per heavy atom. The highest BCUT2D eigenvalue weighted by molar-refractivity contribution is 9.09. The van der Waals surface area contributed by atoms with E-state index in [-0.39, 0.29) is 4.83 Å². The summed E-state index contributed by atoms with van der Waals surface area (Å²) in [6, 6.07) is 8.01. The third-order valence-electron chi connectivity index (χ3n) is 2.75. The van der Waals surface area contributed by atoms with Crippen LogP contribution < -0.4 is 0 Å². The molecule has 1 nitrogen and oxygen atoms in total. The molecule has 0 bridgehead atoms. The molecule has 2 rings (SSSR count). The average molecular weight is 345 g/mol. The number of alkyl halides is 1. The second kappa shape index (κ2) is 6.05. The molecule has 0 aliphatic heterocycles. The Morgan fingerprint density at radius 1 is 1.22 bits per heavy atom. The molecule has 0 N–H and O–H groups in total. The molecular formula is C14H12BrCl2N. The lowest BCUT2D eigenvalue weighted by molar-refractivity contribution is 0.944. The minimum absolute atomic E-state index is 0.144. The van der Waals surface area contributed by atoms with E-state index in [9.17, 15) is 0 Å². The first-order valence-electron chi connectivity index (χ1n) is 5.56. The van der Waals surface area contributed by atoms with Gasteiger partial charge in [0.15, 0.2) is 0 Å². The number of aryl methyl sites for hydroxylation is 1. The number of pyridine rings is 1. The smallest absolute Gasteiger partial charge is 0.0621 e. The van der Waals surface area contributed by atoms with Gasteiger partial charge in [0.1, 0.15) is 0 Å². The molecule has 1 atom stereocenters. The molecule has 0 aliphatic rings. The van der Waals surface area contributed by atoms with Gasteiger partial charge >= 0.3 is 0 Å². The van der Waals surface area contributed by atoms with Crippen LogP contribution in [-0.2, 0) is 6.42 Å². The SMILES string of the molecule is Cc1ccc(C(Br)Cc2ccncc2Cl)c(Cl)c1. The summed E-state index contributed by atoms with van der Waals surface area (Å²) in [5.41, 5.74) is 3.30. The highest BCUT2D eigenvalue weighted by atomic mass is 79.9. The van der Waals surface area contributed by atoms with Gasteiger partial charge < -0.3 is 0 Å². The van der Waals surface area contributed by atoms with Gasteiger partial charge in [-0.1, -0.05) is 51.3 Å². The first kappa shape index (κ1) is 13.9. The number of hydrogen-bond acceptors (Lipinski definition) is 1. The number of benzene rings is 1. The summed E-state index contributed by atoms with van der Waals surface area (Å²) in [4.78, 5) is 4.12. The lowest BCUT2D eigenvalue weighted by atomic mass is 10.0. The van der Waals surface area contributed by atoms with Crippen LogP contribution in [0.4, 0.5) is 0 Å². The van der Waals surface area contributed by atoms with Crippen molar-refractivity contribution in [3.63, 3.8) is 0 Å². The van der Waals surface area contributed by atoms with E-state index in [0.29, 0.717) is 5.02 Å². The van der Waals surface area contributed by atoms with Crippen LogP contribution in [-0.4, -0.2) is 4.98 Å². The van der Waals surface area contributed by atoms with Crippen LogP contribution in [0.1, 0.15) is 21.5 Å². The molecule has 0 fully saturated rings. The number of halogens is 3. The Hall–Kier alpha value is -0.570. The van der Waals surface area contributed by atoms with Crippen LogP contribution in [0.25, 0.3) is 0 Å². The molecular weight excluding hydrogens is 333 g/mol. The molecule has 4 heteroatoms. The third-order valence-corrected chi connectivity index (χ3v) is 4.23. The van der Waals surface area contributed by atoms with Crippen LogP contribution in [0.2, 0.25) is 10.0 Å². The Bertz CT molecular complexity index is 557. The third kappa shape index (κ3) is 3.25. The second-order valence-corrected chi connectivity index (χ2v) is 6.08. The van der Waals surface area contributed by atoms with Gasteiger partial charge in [-0.2, -0.15) is 0 Å². The maximum absolute atomic E-state index is 6.26. The van der Waals surface area contributed by atoms with Gasteiger partial charge in [-0.25, -0.2) is 0 Å². The molecule has 0 saturated heterocycles. The van der Waals surface area contributed by atoms with E-state index in [4.69, 9.17) is 23.2 Å². The van der Waals surface area contributed by atoms with Gasteiger partial charge in [-0.15, -0.1) is 0 Å². The van der Waals surface area contributed by atoms with E-state index < -0.39 is 0 Å². The van der Waals surface area contributed by atoms with Crippen molar-refractivity contribution in [1.29, 1.82) is 0 Å². The minimum Gasteiger partial charge on any atom is -0.263 e. The van der Waals surface area contributed by atoms with Crippen molar-refractivity contribution in [2.24, 2.45) is 0 Å². The zero-order chi connectivity index (χ0) is 13.1. The Morgan fingerprint density at radius 3 is 2.67 bits per heavy atom. The summed E-state index contributed by atoms with van der Waals surface area (Å²) in [7, 11) is 0. The molecule has 1 aromatic heterocycles. The Balaban J connectivity index is 2.22. The molecule has 0 amide bonds. The Kier molecular flexibility index (Phi) is 4.66. The van der Waals surface area contributed by atoms with Crippen molar-refractivity contribution in [3.05, 3.63) is 63.4 Å². The first-order valence-corrected chi connectivity index (χ1v) is 7.23. The van der Waals surface area contributed by atoms with Crippen LogP contribution >= 0.6 is 39.1 Å². The molecule has 1 heterocycles. The van der Waals surface area contributed by atoms with Crippen molar-refractivity contribution >= 4 is 39.1 Å². The van der Waals surface area contributed by atoms with Crippen molar-refractivity contribution < 1.29 is 0 Å². The van der Waals surface area contributed by atoms with E-state index in [1.807, 2.05) is 25.1 Å². The predicted octanol–water partition coefficient (Wildman–Crippen LogP) is 5.38. The second-order valence-electron chi connectivity index (χ2n) is 4.16. The zero-order valence-corrected chi connectivity index (χ0v) is 12.9. The van der Waals surface area contributed by atoms with E-state index in [0.717, 1.165) is 28.1 Å². The molecule has 94 valence electrons. The maximum Gasteiger partial charge on any atom is 0.0621 e. The fourth-order valence-corrected chi connectivity index (χ4v) is 3.20. The van der Waals surface area contributed by atoms with Crippen LogP contribution in [0.3, 0.4) is 0 Å². The highest BCUT2D eigenvalue weighted by Crippen LogP contribution is 2.34. The quantitative estimate of drug-likeness (QED) is 0.681. The van der Waals surface area contributed by atoms with Crippen LogP contribution in [0, 0.1) is 6.92 Å². The van der Waals surface area contributed by atoms with Gasteiger partial charge in [-0.3, -0.25) is 4.98 Å². The van der Waals surface area contributed by atoms with Crippen molar-refractivity contribution in [3.8, 4) is 0 Å². The summed E-state index contributed by atoms with van der Waals surface area (Å²) < 4.78 is 0. The van der Waals surface area contributed by atoms with Crippen LogP contribution in [0.5, 0.6) is 0 Å². The summed E-state index contributed by atoms with van der Waals surface area (Å²) in [6.07, 6.45) is 4.19. The number of aromatic nitrogens is 1. The molecule has 2 aromatic rings. The van der Waals surface area contributed by atoms with E-state index in [2.05, 4.69) is 27.0 Å². The molecule has 18 heavy (non-hydrogen) atoms. The normalized spacial score (nSPS) is 12.4. The fourth-order valence-electron chi connectivity index (χ4n) is 1.76. The molecule has 1 aromatic carbocycles. The molecule has 0 radical (unpaired) electrons. The number of nitrogens with zero attached hydrogens (tertiary/aromatic N) is 1. The lowest BCUT2D eigenvalue weighted by Gasteiger charge is -2.13. The van der Waals surface area contributed by atoms with Gasteiger partial charge in [0.2, 0.25) is 0 Å². The van der Waals surface area contributed by atoms with Crippen molar-refractivity contribution in [1.82, 2.24) is 4.98 Å². The summed E-state index contributed by atoms with van der Waals surface area (Å²) in [5.74, 6) is 0. The van der Waals surface area contributed by atoms with Crippen molar-refractivity contribution in [2.75, 3.05) is 0 Å². The zero-order valence-electron chi connectivity index (χ0n) is 9.83. The number of hydrogen-bond donors (Lipinski definition) is 0. The predicted molar refractivity (Wildman–Crippen MR) is 80.8 cm³/mol. The molecule has 0 spiro atoms. The van der Waals surface area contributed by atoms with Crippen LogP contribution in [0.15, 0.2) is 36.7 Å². The summed E-state index contributed by atoms with van der Waals surface area (Å²) in [6.45, 7) is 2.03. The minimum atomic E-state index is 0.144. The standard InChI is InChI=1S/C14H12BrCl2N/c1-9-2-3-11(13(16)6-9)12(15)7-10-4-5-18-8-14(10)17/h2-6,8,12H,7H2,1H3. The van der Waals surface area contributed by atoms with Crippen molar-refractivity contribution in [2.45, 2.75) is 18.2 Å². The average Bonchev–Trinajstić information content (AvgIpc) is 2.32. The largest absolute Gasteiger partial charge is 0.263 e. The van der Waals surface area contributed by atoms with Gasteiger partial charge in [-0.05, 0) is 42.2 Å². The molecule has 0 saturated carbocycles. The van der Waals surface area contributed by atoms with E-state index >= 15 is 0 Å². The maximum atomic E-state index is 6.26. The summed E-state index contributed by atoms with van der Waals surface area (Å²) >= 11 is 16.0. The first-order chi connectivity index (χ1) is 8.58. The van der Waals surface area contributed by atoms with E-state index in [1.165, 1.54) is 0 Å². The van der Waals surface area contributed by atoms with Gasteiger partial charge in [0, 0.05) is 22.2 Å². The van der Waals surface area contributed by atoms with E-state index in [1.54, 1.807) is 12.4 Å².